The van der Waals surface area contributed by atoms with E-state index in [1.54, 1.807) is 6.08 Å². The van der Waals surface area contributed by atoms with Gasteiger partial charge in [-0.3, -0.25) is 4.79 Å². The zero-order valence-electron chi connectivity index (χ0n) is 12.2. The summed E-state index contributed by atoms with van der Waals surface area (Å²) in [5.41, 5.74) is 0.907. The van der Waals surface area contributed by atoms with Gasteiger partial charge in [-0.25, -0.2) is 9.59 Å². The third-order valence-corrected chi connectivity index (χ3v) is 3.03. The topological polar surface area (TPSA) is 110 Å². The maximum Gasteiger partial charge on any atom is 0.379 e. The Kier molecular flexibility index (Phi) is 6.12. The van der Waals surface area contributed by atoms with Crippen LogP contribution in [-0.4, -0.2) is 42.2 Å². The van der Waals surface area contributed by atoms with E-state index in [0.717, 1.165) is 32.8 Å². The number of hydrogen-bond acceptors (Lipinski definition) is 7. The summed E-state index contributed by atoms with van der Waals surface area (Å²) in [7, 11) is 2.10. The van der Waals surface area contributed by atoms with E-state index in [0.29, 0.717) is 23.1 Å². The third-order valence-electron chi connectivity index (χ3n) is 3.03. The van der Waals surface area contributed by atoms with Gasteiger partial charge in [0.25, 0.3) is 5.78 Å². The Hall–Kier alpha value is -2.83. The van der Waals surface area contributed by atoms with Crippen molar-refractivity contribution in [3.05, 3.63) is 47.0 Å². The molecule has 7 nitrogen and oxygen atoms in total. The number of esters is 2. The predicted octanol–water partition coefficient (Wildman–Crippen LogP) is 1.43. The molecule has 0 bridgehead atoms. The number of allylic oxidation sites excluding steroid dienone is 5. The molecule has 2 N–H and O–H groups in total. The maximum atomic E-state index is 11.9. The average molecular weight is 308 g/mol. The standard InChI is InChI=1S/C15H16O7/c1-21-14(19)12(13(18)15(20)22-2)6-10-4-3-9(7-16)5-11(10)8-17/h4,6-8,16-17H,3,5H2,1-2H3. The molecule has 0 saturated heterocycles. The first-order chi connectivity index (χ1) is 10.5. The molecule has 0 aliphatic heterocycles. The van der Waals surface area contributed by atoms with Crippen molar-refractivity contribution < 1.29 is 34.1 Å². The van der Waals surface area contributed by atoms with Gasteiger partial charge in [0.05, 0.1) is 26.7 Å². The van der Waals surface area contributed by atoms with Crippen LogP contribution < -0.4 is 0 Å². The van der Waals surface area contributed by atoms with Crippen LogP contribution >= 0.6 is 0 Å². The first-order valence-corrected chi connectivity index (χ1v) is 6.27. The Labute approximate surface area is 126 Å². The number of aliphatic hydroxyl groups is 2. The molecule has 0 radical (unpaired) electrons. The summed E-state index contributed by atoms with van der Waals surface area (Å²) >= 11 is 0. The van der Waals surface area contributed by atoms with Gasteiger partial charge >= 0.3 is 11.9 Å². The van der Waals surface area contributed by atoms with Crippen LogP contribution in [0, 0.1) is 0 Å². The van der Waals surface area contributed by atoms with Gasteiger partial charge < -0.3 is 19.7 Å². The normalized spacial score (nSPS) is 18.8. The van der Waals surface area contributed by atoms with Gasteiger partial charge in [-0.05, 0) is 29.2 Å². The molecule has 7 heteroatoms. The second-order valence-electron chi connectivity index (χ2n) is 4.35. The summed E-state index contributed by atoms with van der Waals surface area (Å²) in [6, 6.07) is 0. The highest BCUT2D eigenvalue weighted by Crippen LogP contribution is 2.29. The third kappa shape index (κ3) is 3.85. The van der Waals surface area contributed by atoms with Crippen molar-refractivity contribution in [2.24, 2.45) is 0 Å². The van der Waals surface area contributed by atoms with E-state index in [-0.39, 0.29) is 6.42 Å². The molecule has 0 atom stereocenters. The maximum absolute atomic E-state index is 11.9. The molecule has 1 rings (SSSR count). The van der Waals surface area contributed by atoms with Crippen LogP contribution in [-0.2, 0) is 23.9 Å². The zero-order chi connectivity index (χ0) is 16.7. The van der Waals surface area contributed by atoms with E-state index < -0.39 is 23.3 Å². The van der Waals surface area contributed by atoms with Crippen molar-refractivity contribution >= 4 is 17.7 Å². The highest BCUT2D eigenvalue weighted by atomic mass is 16.5. The molecule has 1 aliphatic rings. The lowest BCUT2D eigenvalue weighted by molar-refractivity contribution is -0.151. The number of carbonyl (C=O) groups is 3. The summed E-state index contributed by atoms with van der Waals surface area (Å²) in [5, 5.41) is 18.2. The molecule has 118 valence electrons. The number of carbonyl (C=O) groups excluding carboxylic acids is 3. The molecule has 1 aliphatic carbocycles. The first kappa shape index (κ1) is 17.2. The van der Waals surface area contributed by atoms with Gasteiger partial charge in [0, 0.05) is 6.42 Å². The molecule has 0 heterocycles. The number of hydrogen-bond donors (Lipinski definition) is 2. The summed E-state index contributed by atoms with van der Waals surface area (Å²) in [4.78, 5) is 34.9. The monoisotopic (exact) mass is 308 g/mol. The Morgan fingerprint density at radius 2 is 1.73 bits per heavy atom. The quantitative estimate of drug-likeness (QED) is 0.202. The van der Waals surface area contributed by atoms with E-state index in [4.69, 9.17) is 5.11 Å². The predicted molar refractivity (Wildman–Crippen MR) is 75.9 cm³/mol. The minimum absolute atomic E-state index is 0.246. The number of Topliss-reactive ketones (excluding diaryl/α,β-unsaturated/α-hetero) is 1. The van der Waals surface area contributed by atoms with Crippen LogP contribution in [0.3, 0.4) is 0 Å². The lowest BCUT2D eigenvalue weighted by Gasteiger charge is -2.16. The molecule has 0 spiro atoms. The molecule has 0 aromatic rings. The second-order valence-corrected chi connectivity index (χ2v) is 4.35. The van der Waals surface area contributed by atoms with Crippen molar-refractivity contribution in [2.45, 2.75) is 12.8 Å². The van der Waals surface area contributed by atoms with Gasteiger partial charge in [-0.15, -0.1) is 0 Å². The highest BCUT2D eigenvalue weighted by molar-refractivity contribution is 6.46. The van der Waals surface area contributed by atoms with Gasteiger partial charge in [-0.2, -0.15) is 0 Å². The molecule has 0 amide bonds. The Balaban J connectivity index is 3.27. The number of methoxy groups -OCH3 is 2. The summed E-state index contributed by atoms with van der Waals surface area (Å²) in [6.07, 6.45) is 5.11. The van der Waals surface area contributed by atoms with Crippen LogP contribution in [0.5, 0.6) is 0 Å². The lowest BCUT2D eigenvalue weighted by Crippen LogP contribution is -2.24. The molecule has 0 saturated carbocycles. The number of aliphatic hydroxyl groups excluding tert-OH is 2. The fourth-order valence-corrected chi connectivity index (χ4v) is 1.85. The van der Waals surface area contributed by atoms with Crippen LogP contribution in [0.2, 0.25) is 0 Å². The van der Waals surface area contributed by atoms with E-state index in [2.05, 4.69) is 9.47 Å². The molecule has 22 heavy (non-hydrogen) atoms. The fraction of sp³-hybridized carbons (Fsp3) is 0.267. The number of ketones is 1. The van der Waals surface area contributed by atoms with Crippen LogP contribution in [0.1, 0.15) is 12.8 Å². The Bertz CT molecular complexity index is 605. The fourth-order valence-electron chi connectivity index (χ4n) is 1.85. The van der Waals surface area contributed by atoms with Gasteiger partial charge in [0.15, 0.2) is 0 Å². The van der Waals surface area contributed by atoms with E-state index >= 15 is 0 Å². The Morgan fingerprint density at radius 3 is 2.23 bits per heavy atom. The van der Waals surface area contributed by atoms with Crippen LogP contribution in [0.4, 0.5) is 0 Å². The van der Waals surface area contributed by atoms with Crippen molar-refractivity contribution in [3.63, 3.8) is 0 Å². The van der Waals surface area contributed by atoms with Crippen molar-refractivity contribution in [1.29, 1.82) is 0 Å². The van der Waals surface area contributed by atoms with Gasteiger partial charge in [0.1, 0.15) is 5.57 Å². The zero-order valence-corrected chi connectivity index (χ0v) is 12.2. The average Bonchev–Trinajstić information content (AvgIpc) is 2.57. The highest BCUT2D eigenvalue weighted by Gasteiger charge is 2.27. The van der Waals surface area contributed by atoms with Gasteiger partial charge in [-0.1, -0.05) is 6.08 Å². The van der Waals surface area contributed by atoms with Crippen molar-refractivity contribution in [1.82, 2.24) is 0 Å². The number of rotatable bonds is 4. The minimum atomic E-state index is -1.20. The summed E-state index contributed by atoms with van der Waals surface area (Å²) in [6.45, 7) is 0. The van der Waals surface area contributed by atoms with Crippen molar-refractivity contribution in [3.8, 4) is 0 Å². The molecule has 0 fully saturated rings. The number of ether oxygens (including phenoxy) is 2. The molecule has 0 aromatic heterocycles. The second kappa shape index (κ2) is 7.82. The van der Waals surface area contributed by atoms with Crippen LogP contribution in [0.25, 0.3) is 0 Å². The molecule has 0 unspecified atom stereocenters. The van der Waals surface area contributed by atoms with E-state index in [9.17, 15) is 19.5 Å². The first-order valence-electron chi connectivity index (χ1n) is 6.27. The van der Waals surface area contributed by atoms with E-state index in [1.807, 2.05) is 0 Å². The largest absolute Gasteiger partial charge is 0.516 e. The summed E-state index contributed by atoms with van der Waals surface area (Å²) < 4.78 is 8.79. The molecular weight excluding hydrogens is 292 g/mol. The smallest absolute Gasteiger partial charge is 0.379 e. The summed E-state index contributed by atoms with van der Waals surface area (Å²) in [5.74, 6) is -3.33. The SMILES string of the molecule is COC(=O)C(=O)C(=CC1=CCC(=CO)CC1=CO)C(=O)OC. The van der Waals surface area contributed by atoms with Crippen molar-refractivity contribution in [2.75, 3.05) is 14.2 Å². The molecular formula is C15H16O7. The Morgan fingerprint density at radius 1 is 1.09 bits per heavy atom. The van der Waals surface area contributed by atoms with Gasteiger partial charge in [0.2, 0.25) is 0 Å². The minimum Gasteiger partial charge on any atom is -0.516 e. The lowest BCUT2D eigenvalue weighted by atomic mass is 9.89. The molecule has 0 aromatic carbocycles. The van der Waals surface area contributed by atoms with E-state index in [1.165, 1.54) is 0 Å². The van der Waals surface area contributed by atoms with Crippen LogP contribution in [0.15, 0.2) is 47.0 Å².